The highest BCUT2D eigenvalue weighted by Crippen LogP contribution is 2.28. The second-order valence-corrected chi connectivity index (χ2v) is 8.08. The van der Waals surface area contributed by atoms with Crippen molar-refractivity contribution >= 4 is 28.7 Å². The van der Waals surface area contributed by atoms with Gasteiger partial charge in [0.25, 0.3) is 0 Å². The molecule has 0 radical (unpaired) electrons. The van der Waals surface area contributed by atoms with Crippen molar-refractivity contribution in [3.05, 3.63) is 66.0 Å². The van der Waals surface area contributed by atoms with Gasteiger partial charge in [-0.25, -0.2) is 9.48 Å². The molecule has 0 saturated carbocycles. The second-order valence-electron chi connectivity index (χ2n) is 7.13. The molecule has 0 unspecified atom stereocenters. The predicted octanol–water partition coefficient (Wildman–Crippen LogP) is 5.44. The van der Waals surface area contributed by atoms with E-state index in [0.717, 1.165) is 16.3 Å². The van der Waals surface area contributed by atoms with Crippen LogP contribution >= 0.6 is 11.3 Å². The number of nitrogens with one attached hydrogen (secondary N) is 2. The third-order valence-electron chi connectivity index (χ3n) is 4.37. The number of urea groups is 1. The number of carbonyl (C=O) groups excluding carboxylic acids is 1. The molecule has 2 amide bonds. The first-order chi connectivity index (χ1) is 15.5. The van der Waals surface area contributed by atoms with Crippen molar-refractivity contribution in [2.24, 2.45) is 0 Å². The van der Waals surface area contributed by atoms with Gasteiger partial charge in [-0.3, -0.25) is 0 Å². The molecule has 2 N–H and O–H groups in total. The Balaban J connectivity index is 1.56. The van der Waals surface area contributed by atoms with E-state index in [2.05, 4.69) is 20.7 Å². The molecule has 0 spiro atoms. The van der Waals surface area contributed by atoms with Gasteiger partial charge in [0.15, 0.2) is 5.82 Å². The number of rotatable bonds is 7. The van der Waals surface area contributed by atoms with E-state index in [4.69, 9.17) is 9.47 Å². The van der Waals surface area contributed by atoms with Crippen LogP contribution in [0, 0.1) is 0 Å². The highest BCUT2D eigenvalue weighted by Gasteiger charge is 2.17. The Hall–Kier alpha value is -3.85. The Kier molecular flexibility index (Phi) is 6.37. The number of ether oxygens (including phenoxy) is 2. The Morgan fingerprint density at radius 2 is 1.81 bits per heavy atom. The van der Waals surface area contributed by atoms with Gasteiger partial charge in [-0.1, -0.05) is 12.1 Å². The molecule has 164 valence electrons. The van der Waals surface area contributed by atoms with Gasteiger partial charge in [0.05, 0.1) is 23.8 Å². The molecular weight excluding hydrogens is 426 g/mol. The number of amides is 2. The summed E-state index contributed by atoms with van der Waals surface area (Å²) in [6, 6.07) is 18.4. The minimum Gasteiger partial charge on any atom is -0.497 e. The highest BCUT2D eigenvalue weighted by molar-refractivity contribution is 7.13. The monoisotopic (exact) mass is 449 g/mol. The number of hydrogen-bond acceptors (Lipinski definition) is 6. The maximum Gasteiger partial charge on any atom is 0.336 e. The van der Waals surface area contributed by atoms with Crippen LogP contribution in [-0.4, -0.2) is 34.0 Å². The minimum absolute atomic E-state index is 0.0447. The molecule has 4 rings (SSSR count). The second kappa shape index (κ2) is 9.52. The fraction of sp³-hybridized carbons (Fsp3) is 0.174. The highest BCUT2D eigenvalue weighted by atomic mass is 32.1. The molecule has 0 atom stereocenters. The van der Waals surface area contributed by atoms with E-state index < -0.39 is 0 Å². The fourth-order valence-electron chi connectivity index (χ4n) is 2.98. The molecule has 2 heterocycles. The Labute approximate surface area is 189 Å². The summed E-state index contributed by atoms with van der Waals surface area (Å²) in [6.45, 7) is 3.86. The third-order valence-corrected chi connectivity index (χ3v) is 5.23. The number of benzene rings is 2. The fourth-order valence-corrected chi connectivity index (χ4v) is 3.68. The van der Waals surface area contributed by atoms with Crippen LogP contribution in [0.1, 0.15) is 13.8 Å². The first kappa shape index (κ1) is 21.4. The van der Waals surface area contributed by atoms with Gasteiger partial charge >= 0.3 is 12.0 Å². The molecule has 2 aromatic carbocycles. The number of aromatic nitrogens is 3. The smallest absolute Gasteiger partial charge is 0.336 e. The first-order valence-electron chi connectivity index (χ1n) is 10.0. The van der Waals surface area contributed by atoms with E-state index >= 15 is 0 Å². The lowest BCUT2D eigenvalue weighted by Gasteiger charge is -2.10. The van der Waals surface area contributed by atoms with Gasteiger partial charge in [0, 0.05) is 11.4 Å². The zero-order chi connectivity index (χ0) is 22.5. The summed E-state index contributed by atoms with van der Waals surface area (Å²) in [5.41, 5.74) is 2.03. The van der Waals surface area contributed by atoms with Gasteiger partial charge in [0.1, 0.15) is 5.75 Å². The van der Waals surface area contributed by atoms with Gasteiger partial charge in [-0.15, -0.1) is 16.4 Å². The maximum atomic E-state index is 12.5. The molecule has 32 heavy (non-hydrogen) atoms. The van der Waals surface area contributed by atoms with Crippen molar-refractivity contribution in [1.82, 2.24) is 14.8 Å². The van der Waals surface area contributed by atoms with E-state index in [9.17, 15) is 4.79 Å². The van der Waals surface area contributed by atoms with Crippen molar-refractivity contribution in [3.8, 4) is 28.1 Å². The quantitative estimate of drug-likeness (QED) is 0.392. The predicted molar refractivity (Wildman–Crippen MR) is 126 cm³/mol. The zero-order valence-corrected chi connectivity index (χ0v) is 18.7. The van der Waals surface area contributed by atoms with Crippen molar-refractivity contribution < 1.29 is 14.3 Å². The van der Waals surface area contributed by atoms with Crippen LogP contribution in [0.5, 0.6) is 11.8 Å². The molecule has 8 nitrogen and oxygen atoms in total. The van der Waals surface area contributed by atoms with Crippen LogP contribution in [0.15, 0.2) is 66.0 Å². The molecule has 0 fully saturated rings. The summed E-state index contributed by atoms with van der Waals surface area (Å²) in [5, 5.41) is 12.2. The van der Waals surface area contributed by atoms with Crippen molar-refractivity contribution in [1.29, 1.82) is 0 Å². The lowest BCUT2D eigenvalue weighted by atomic mass is 10.2. The first-order valence-corrected chi connectivity index (χ1v) is 10.9. The lowest BCUT2D eigenvalue weighted by molar-refractivity contribution is 0.222. The van der Waals surface area contributed by atoms with Crippen LogP contribution in [0.25, 0.3) is 16.4 Å². The summed E-state index contributed by atoms with van der Waals surface area (Å²) >= 11 is 1.57. The lowest BCUT2D eigenvalue weighted by Crippen LogP contribution is -2.19. The Morgan fingerprint density at radius 3 is 2.50 bits per heavy atom. The zero-order valence-electron chi connectivity index (χ0n) is 17.9. The number of methoxy groups -OCH3 is 1. The SMILES string of the molecule is COc1ccc(NC(=O)Nc2cccc(-n3nc(OC(C)C)nc3-c3cccs3)c2)cc1. The third kappa shape index (κ3) is 5.06. The van der Waals surface area contributed by atoms with E-state index in [1.54, 1.807) is 47.4 Å². The number of hydrogen-bond donors (Lipinski definition) is 2. The normalized spacial score (nSPS) is 10.8. The van der Waals surface area contributed by atoms with Gasteiger partial charge in [-0.2, -0.15) is 4.98 Å². The molecule has 9 heteroatoms. The summed E-state index contributed by atoms with van der Waals surface area (Å²) < 4.78 is 12.6. The van der Waals surface area contributed by atoms with Gasteiger partial charge in [0.2, 0.25) is 0 Å². The molecular formula is C23H23N5O3S. The number of thiophene rings is 1. The minimum atomic E-state index is -0.354. The average Bonchev–Trinajstić information content (AvgIpc) is 3.44. The van der Waals surface area contributed by atoms with Crippen molar-refractivity contribution in [2.75, 3.05) is 17.7 Å². The maximum absolute atomic E-state index is 12.5. The average molecular weight is 450 g/mol. The Morgan fingerprint density at radius 1 is 1.03 bits per heavy atom. The van der Waals surface area contributed by atoms with E-state index in [0.29, 0.717) is 23.2 Å². The number of anilines is 2. The van der Waals surface area contributed by atoms with Gasteiger partial charge in [-0.05, 0) is 67.8 Å². The molecule has 0 saturated heterocycles. The van der Waals surface area contributed by atoms with Crippen LogP contribution in [-0.2, 0) is 0 Å². The molecule has 0 bridgehead atoms. The summed E-state index contributed by atoms with van der Waals surface area (Å²) in [4.78, 5) is 18.0. The number of carbonyl (C=O) groups is 1. The van der Waals surface area contributed by atoms with Crippen molar-refractivity contribution in [3.63, 3.8) is 0 Å². The summed E-state index contributed by atoms with van der Waals surface area (Å²) in [7, 11) is 1.60. The molecule has 2 aromatic heterocycles. The van der Waals surface area contributed by atoms with Crippen LogP contribution in [0.3, 0.4) is 0 Å². The molecule has 0 aliphatic heterocycles. The van der Waals surface area contributed by atoms with E-state index in [-0.39, 0.29) is 12.1 Å². The molecule has 0 aliphatic carbocycles. The number of nitrogens with zero attached hydrogens (tertiary/aromatic N) is 3. The van der Waals surface area contributed by atoms with Gasteiger partial charge < -0.3 is 20.1 Å². The van der Waals surface area contributed by atoms with Crippen LogP contribution in [0.4, 0.5) is 16.2 Å². The standard InChI is InChI=1S/C23H23N5O3S/c1-15(2)31-23-26-21(20-8-5-13-32-20)28(27-23)18-7-4-6-17(14-18)25-22(29)24-16-9-11-19(30-3)12-10-16/h4-15H,1-3H3,(H2,24,25,29). The van der Waals surface area contributed by atoms with Crippen molar-refractivity contribution in [2.45, 2.75) is 20.0 Å². The van der Waals surface area contributed by atoms with E-state index in [1.165, 1.54) is 0 Å². The molecule has 0 aliphatic rings. The van der Waals surface area contributed by atoms with Crippen LogP contribution < -0.4 is 20.1 Å². The largest absolute Gasteiger partial charge is 0.497 e. The topological polar surface area (TPSA) is 90.3 Å². The summed E-state index contributed by atoms with van der Waals surface area (Å²) in [5.74, 6) is 1.40. The Bertz CT molecular complexity index is 1190. The van der Waals surface area contributed by atoms with E-state index in [1.807, 2.05) is 55.6 Å². The van der Waals surface area contributed by atoms with Crippen LogP contribution in [0.2, 0.25) is 0 Å². The molecule has 4 aromatic rings. The summed E-state index contributed by atoms with van der Waals surface area (Å²) in [6.07, 6.45) is -0.0447.